The van der Waals surface area contributed by atoms with Crippen molar-refractivity contribution in [3.8, 4) is 0 Å². The molecule has 6 saturated heterocycles. The molecule has 0 radical (unpaired) electrons. The summed E-state index contributed by atoms with van der Waals surface area (Å²) in [5.74, 6) is -5.11. The lowest BCUT2D eigenvalue weighted by molar-refractivity contribution is -0.158. The number of urea groups is 3. The topological polar surface area (TPSA) is 477 Å². The van der Waals surface area contributed by atoms with Crippen LogP contribution in [0.5, 0.6) is 0 Å². The number of hydrogen-bond donors (Lipinski definition) is 9. The second-order valence-corrected chi connectivity index (χ2v) is 29.3. The molecule has 12 unspecified atom stereocenters. The lowest BCUT2D eigenvalue weighted by Gasteiger charge is -2.21. The number of amides is 6. The van der Waals surface area contributed by atoms with E-state index in [4.69, 9.17) is 56.8 Å². The van der Waals surface area contributed by atoms with Crippen molar-refractivity contribution in [2.45, 2.75) is 133 Å². The Labute approximate surface area is 724 Å². The zero-order chi connectivity index (χ0) is 89.1. The summed E-state index contributed by atoms with van der Waals surface area (Å²) in [5.41, 5.74) is 4.09. The molecule has 664 valence electrons. The highest BCUT2D eigenvalue weighted by Gasteiger charge is 2.57. The van der Waals surface area contributed by atoms with Gasteiger partial charge in [-0.1, -0.05) is 115 Å². The average molecular weight is 1760 g/mol. The number of rotatable bonds is 28. The monoisotopic (exact) mass is 1760 g/mol. The van der Waals surface area contributed by atoms with Crippen LogP contribution in [-0.4, -0.2) is 211 Å². The van der Waals surface area contributed by atoms with E-state index in [1.165, 1.54) is 92.6 Å². The second kappa shape index (κ2) is 39.8. The van der Waals surface area contributed by atoms with Crippen LogP contribution in [-0.2, 0) is 76.7 Å². The van der Waals surface area contributed by atoms with Crippen LogP contribution in [0.3, 0.4) is 0 Å². The van der Waals surface area contributed by atoms with Crippen LogP contribution >= 0.6 is 0 Å². The van der Waals surface area contributed by atoms with Crippen LogP contribution in [0.2, 0.25) is 0 Å². The van der Waals surface area contributed by atoms with Crippen molar-refractivity contribution in [2.24, 2.45) is 0 Å². The number of carboxylic acid groups (broad SMARTS) is 3. The molecular formula is C86H83F3N18O21. The highest BCUT2D eigenvalue weighted by Crippen LogP contribution is 2.48. The third-order valence-corrected chi connectivity index (χ3v) is 21.2. The van der Waals surface area contributed by atoms with Gasteiger partial charge in [0.2, 0.25) is 0 Å². The molecule has 18 rings (SSSR count). The Morgan fingerprint density at radius 3 is 1.03 bits per heavy atom. The smallest absolute Gasteiger partial charge is 0.336 e. The summed E-state index contributed by atoms with van der Waals surface area (Å²) in [5, 5.41) is 44.3. The predicted octanol–water partition coefficient (Wildman–Crippen LogP) is 10.5. The van der Waals surface area contributed by atoms with Gasteiger partial charge >= 0.3 is 36.0 Å². The number of anilines is 3. The molecule has 0 aliphatic carbocycles. The first-order chi connectivity index (χ1) is 62.3. The zero-order valence-corrected chi connectivity index (χ0v) is 68.2. The van der Waals surface area contributed by atoms with E-state index in [1.54, 1.807) is 40.5 Å². The van der Waals surface area contributed by atoms with Gasteiger partial charge in [0, 0.05) is 47.5 Å². The van der Waals surface area contributed by atoms with E-state index < -0.39 is 146 Å². The van der Waals surface area contributed by atoms with Gasteiger partial charge < -0.3 is 88.1 Å². The van der Waals surface area contributed by atoms with E-state index >= 15 is 0 Å². The van der Waals surface area contributed by atoms with Crippen molar-refractivity contribution < 1.29 is 114 Å². The largest absolute Gasteiger partial charge is 0.478 e. The lowest BCUT2D eigenvalue weighted by Crippen LogP contribution is -2.32. The number of hydrogen-bond acceptors (Lipinski definition) is 27. The maximum atomic E-state index is 14.5. The van der Waals surface area contributed by atoms with Gasteiger partial charge in [-0.15, -0.1) is 0 Å². The summed E-state index contributed by atoms with van der Waals surface area (Å²) in [6.45, 7) is 5.72. The molecule has 12 aromatic rings. The van der Waals surface area contributed by atoms with Gasteiger partial charge in [-0.25, -0.2) is 86.8 Å². The molecule has 0 bridgehead atoms. The Balaban J connectivity index is 0.000000141. The van der Waals surface area contributed by atoms with Crippen molar-refractivity contribution >= 4 is 93.0 Å². The predicted molar refractivity (Wildman–Crippen MR) is 442 cm³/mol. The van der Waals surface area contributed by atoms with Crippen LogP contribution in [0.15, 0.2) is 190 Å². The molecular weight excluding hydrogens is 1680 g/mol. The summed E-state index contributed by atoms with van der Waals surface area (Å²) in [7, 11) is 0. The minimum atomic E-state index is -1.25. The van der Waals surface area contributed by atoms with Gasteiger partial charge in [-0.3, -0.25) is 29.7 Å². The average Bonchev–Trinajstić information content (AvgIpc) is 1.60. The van der Waals surface area contributed by atoms with E-state index in [0.29, 0.717) is 53.1 Å². The van der Waals surface area contributed by atoms with Gasteiger partial charge in [0.25, 0.3) is 0 Å². The molecule has 128 heavy (non-hydrogen) atoms. The zero-order valence-electron chi connectivity index (χ0n) is 68.2. The number of carbonyl (C=O) groups is 6. The van der Waals surface area contributed by atoms with Crippen molar-refractivity contribution in [3.63, 3.8) is 0 Å². The van der Waals surface area contributed by atoms with Crippen LogP contribution < -0.4 is 31.9 Å². The molecule has 42 heteroatoms. The van der Waals surface area contributed by atoms with E-state index in [-0.39, 0.29) is 90.5 Å². The van der Waals surface area contributed by atoms with Gasteiger partial charge in [0.15, 0.2) is 88.5 Å². The number of nitrogens with zero attached hydrogens (tertiary/aromatic N) is 12. The molecule has 9 N–H and O–H groups in total. The van der Waals surface area contributed by atoms with Crippen LogP contribution in [0.4, 0.5) is 45.0 Å². The molecule has 12 heterocycles. The number of aromatic nitrogens is 12. The SMILES string of the molecule is CCNC(=O)Nc1ncnc2c1ncn2C1OC(COCc2c(F)cccc2C(=O)O)C2O[C@@H](c3ccccc3)OC21.CCNC(=O)Nc1ncnc2c1ncn2C1OC(COCc2c(F)cccc2C(=O)O)C2O[C@H](/C=C/c3ccccc3)OC21.CCNC(=O)Nc1ncnc2c1ncn2C1OC(COCc2c(F)cccc2C(=O)O)C2O[C@H](c3ccccc3)OC21. The van der Waals surface area contributed by atoms with Gasteiger partial charge in [-0.2, -0.15) is 0 Å². The standard InChI is InChI=1S/C30H29FN6O7.2C28H27FN6O7/c1-2-32-30(40)36-26-23-27(34-15-33-26)37(16-35-23)28-25-24(43-22(44-25)12-11-17-7-4-3-5-8-17)21(42-28)14-41-13-19-18(29(38)39)9-6-10-20(19)31;2*1-2-30-28(38)34-23-20-24(32-13-31-23)35(14-33-20)25-22-21(41-27(42-22)15-7-4-3-5-8-15)19(40-25)12-39-11-17-16(26(36)37)9-6-10-18(17)29/h3-12,15-16,21-22,24-25,28H,2,13-14H2,1H3,(H,38,39)(H2,32,33,34,36,40);2*3-10,13-14,19,21-22,25,27H,2,11-12H2,1H3,(H,36,37)(H2,30,31,32,34,38)/b12-11+;;/t21?,22-,24?,25?,28?;2*19?,21?,22?,25?,27-/m010/s1. The van der Waals surface area contributed by atoms with Gasteiger partial charge in [0.05, 0.1) is 75.3 Å². The first-order valence-electron chi connectivity index (χ1n) is 40.5. The summed E-state index contributed by atoms with van der Waals surface area (Å²) in [4.78, 5) is 110. The summed E-state index contributed by atoms with van der Waals surface area (Å²) in [6.07, 6.45) is 2.19. The highest BCUT2D eigenvalue weighted by molar-refractivity contribution is 5.98. The number of fused-ring (bicyclic) bond motifs is 6. The number of carbonyl (C=O) groups excluding carboxylic acids is 3. The van der Waals surface area contributed by atoms with Crippen LogP contribution in [0, 0.1) is 17.5 Å². The summed E-state index contributed by atoms with van der Waals surface area (Å²) >= 11 is 0. The Morgan fingerprint density at radius 1 is 0.383 bits per heavy atom. The van der Waals surface area contributed by atoms with Crippen LogP contribution in [0.25, 0.3) is 39.6 Å². The minimum absolute atomic E-state index is 0.0401. The van der Waals surface area contributed by atoms with E-state index in [9.17, 15) is 57.3 Å². The number of ether oxygens (including phenoxy) is 12. The highest BCUT2D eigenvalue weighted by atomic mass is 19.1. The number of imidazole rings is 3. The molecule has 6 aliphatic rings. The van der Waals surface area contributed by atoms with E-state index in [2.05, 4.69) is 76.8 Å². The Morgan fingerprint density at radius 2 is 0.695 bits per heavy atom. The van der Waals surface area contributed by atoms with E-state index in [0.717, 1.165) is 16.7 Å². The molecule has 6 aromatic heterocycles. The Bertz CT molecular complexity index is 5790. The van der Waals surface area contributed by atoms with Crippen molar-refractivity contribution in [1.82, 2.24) is 74.5 Å². The quantitative estimate of drug-likeness (QED) is 0.0220. The molecule has 6 aliphatic heterocycles. The number of nitrogens with one attached hydrogen (secondary N) is 6. The van der Waals surface area contributed by atoms with Crippen molar-refractivity contribution in [1.29, 1.82) is 0 Å². The second-order valence-electron chi connectivity index (χ2n) is 29.3. The van der Waals surface area contributed by atoms with E-state index in [1.807, 2.05) is 97.1 Å². The normalized spacial score (nSPS) is 23.0. The fourth-order valence-electron chi connectivity index (χ4n) is 15.4. The molecule has 6 amide bonds. The lowest BCUT2D eigenvalue weighted by atomic mass is 10.1. The third kappa shape index (κ3) is 19.2. The molecule has 39 nitrogen and oxygen atoms in total. The fraction of sp³-hybridized carbons (Fsp3) is 0.314. The Hall–Kier alpha value is -13.8. The first kappa shape index (κ1) is 87.7. The molecule has 6 fully saturated rings. The van der Waals surface area contributed by atoms with Crippen LogP contribution in [0.1, 0.15) is 116 Å². The van der Waals surface area contributed by atoms with Crippen molar-refractivity contribution in [2.75, 3.05) is 55.4 Å². The Kier molecular flexibility index (Phi) is 27.3. The number of benzene rings is 6. The van der Waals surface area contributed by atoms with Gasteiger partial charge in [0.1, 0.15) is 91.4 Å². The number of carboxylic acids is 3. The molecule has 0 spiro atoms. The number of halogens is 3. The first-order valence-corrected chi connectivity index (χ1v) is 40.5. The molecule has 6 aromatic carbocycles. The van der Waals surface area contributed by atoms with Gasteiger partial charge in [-0.05, 0) is 68.8 Å². The fourth-order valence-corrected chi connectivity index (χ4v) is 15.4. The molecule has 0 saturated carbocycles. The summed E-state index contributed by atoms with van der Waals surface area (Å²) in [6, 6.07) is 38.7. The maximum Gasteiger partial charge on any atom is 0.336 e. The van der Waals surface area contributed by atoms with Crippen molar-refractivity contribution in [3.05, 3.63) is 257 Å². The maximum absolute atomic E-state index is 14.5. The molecule has 15 atom stereocenters. The third-order valence-electron chi connectivity index (χ3n) is 21.2. The minimum Gasteiger partial charge on any atom is -0.478 e. The summed E-state index contributed by atoms with van der Waals surface area (Å²) < 4.78 is 123. The number of aromatic carboxylic acids is 3.